The number of rotatable bonds is 7. The van der Waals surface area contributed by atoms with Crippen molar-refractivity contribution < 1.29 is 25.2 Å². The van der Waals surface area contributed by atoms with Gasteiger partial charge in [-0.3, -0.25) is 4.57 Å². The maximum atomic E-state index is 10.2. The van der Waals surface area contributed by atoms with Crippen molar-refractivity contribution in [1.82, 2.24) is 19.5 Å². The molecule has 1 fully saturated rings. The summed E-state index contributed by atoms with van der Waals surface area (Å²) in [7, 11) is 0. The molecule has 0 aliphatic carbocycles. The molecule has 0 spiro atoms. The van der Waals surface area contributed by atoms with Gasteiger partial charge in [-0.1, -0.05) is 0 Å². The lowest BCUT2D eigenvalue weighted by Crippen LogP contribution is -2.33. The van der Waals surface area contributed by atoms with E-state index in [-0.39, 0.29) is 18.4 Å². The van der Waals surface area contributed by atoms with Crippen LogP contribution >= 0.6 is 0 Å². The first kappa shape index (κ1) is 17.8. The van der Waals surface area contributed by atoms with Gasteiger partial charge in [0.05, 0.1) is 12.9 Å². The van der Waals surface area contributed by atoms with Crippen LogP contribution in [0.25, 0.3) is 11.2 Å². The normalized spacial score (nSPS) is 26.4. The maximum Gasteiger partial charge on any atom is 0.226 e. The van der Waals surface area contributed by atoms with Gasteiger partial charge in [-0.15, -0.1) is 0 Å². The summed E-state index contributed by atoms with van der Waals surface area (Å²) in [6, 6.07) is 0. The molecule has 0 bridgehead atoms. The molecule has 4 atom stereocenters. The van der Waals surface area contributed by atoms with E-state index < -0.39 is 31.1 Å². The van der Waals surface area contributed by atoms with Crippen molar-refractivity contribution in [2.24, 2.45) is 0 Å². The molecule has 3 heterocycles. The van der Waals surface area contributed by atoms with Crippen LogP contribution in [0.15, 0.2) is 6.33 Å². The van der Waals surface area contributed by atoms with E-state index in [4.69, 9.17) is 15.6 Å². The molecule has 7 N–H and O–H groups in total. The largest absolute Gasteiger partial charge is 0.396 e. The molecule has 1 aliphatic rings. The van der Waals surface area contributed by atoms with E-state index in [0.29, 0.717) is 24.1 Å². The van der Waals surface area contributed by atoms with Crippen molar-refractivity contribution in [1.29, 1.82) is 0 Å². The Bertz CT molecular complexity index is 725. The van der Waals surface area contributed by atoms with E-state index in [0.717, 1.165) is 6.42 Å². The third kappa shape index (κ3) is 3.37. The second-order valence-electron chi connectivity index (χ2n) is 5.84. The number of nitrogens with zero attached hydrogens (tertiary/aromatic N) is 4. The molecule has 0 saturated carbocycles. The average Bonchev–Trinajstić information content (AvgIpc) is 3.14. The summed E-state index contributed by atoms with van der Waals surface area (Å²) < 4.78 is 6.96. The first-order chi connectivity index (χ1) is 12.1. The molecular formula is C14H22N6O5. The van der Waals surface area contributed by atoms with Crippen LogP contribution in [0.4, 0.5) is 11.8 Å². The number of aliphatic hydroxyl groups excluding tert-OH is 4. The van der Waals surface area contributed by atoms with Gasteiger partial charge < -0.3 is 36.2 Å². The second-order valence-corrected chi connectivity index (χ2v) is 5.84. The molecule has 0 aromatic carbocycles. The average molecular weight is 354 g/mol. The van der Waals surface area contributed by atoms with E-state index in [1.54, 1.807) is 0 Å². The number of hydrogen-bond donors (Lipinski definition) is 6. The van der Waals surface area contributed by atoms with E-state index in [9.17, 15) is 15.3 Å². The van der Waals surface area contributed by atoms with Gasteiger partial charge in [0.1, 0.15) is 23.8 Å². The molecule has 11 nitrogen and oxygen atoms in total. The molecule has 1 aliphatic heterocycles. The molecule has 0 amide bonds. The first-order valence-corrected chi connectivity index (χ1v) is 8.04. The van der Waals surface area contributed by atoms with Crippen LogP contribution in [-0.4, -0.2) is 78.0 Å². The zero-order valence-electron chi connectivity index (χ0n) is 13.5. The number of nitrogen functional groups attached to an aromatic ring is 1. The summed E-state index contributed by atoms with van der Waals surface area (Å²) in [6.07, 6.45) is -1.52. The fourth-order valence-electron chi connectivity index (χ4n) is 2.75. The Labute approximate surface area is 143 Å². The van der Waals surface area contributed by atoms with Crippen LogP contribution < -0.4 is 11.1 Å². The van der Waals surface area contributed by atoms with Gasteiger partial charge in [-0.25, -0.2) is 4.98 Å². The van der Waals surface area contributed by atoms with Crippen molar-refractivity contribution in [3.8, 4) is 0 Å². The zero-order chi connectivity index (χ0) is 18.0. The quantitative estimate of drug-likeness (QED) is 0.312. The number of aliphatic hydroxyl groups is 4. The van der Waals surface area contributed by atoms with E-state index >= 15 is 0 Å². The number of hydrogen-bond acceptors (Lipinski definition) is 10. The minimum Gasteiger partial charge on any atom is -0.396 e. The van der Waals surface area contributed by atoms with Crippen LogP contribution in [-0.2, 0) is 4.74 Å². The predicted molar refractivity (Wildman–Crippen MR) is 87.6 cm³/mol. The van der Waals surface area contributed by atoms with Crippen LogP contribution in [0.5, 0.6) is 0 Å². The van der Waals surface area contributed by atoms with Gasteiger partial charge in [0.25, 0.3) is 0 Å². The SMILES string of the molecule is Nc1nc(NCCCCO)nc2c1ncn2C1O[C@H](CO)[C@@H](O)[C@H]1O. The third-order valence-corrected chi connectivity index (χ3v) is 4.11. The minimum atomic E-state index is -1.24. The highest BCUT2D eigenvalue weighted by atomic mass is 16.6. The number of ether oxygens (including phenoxy) is 1. The molecule has 0 radical (unpaired) electrons. The van der Waals surface area contributed by atoms with Gasteiger partial charge >= 0.3 is 0 Å². The third-order valence-electron chi connectivity index (χ3n) is 4.11. The van der Waals surface area contributed by atoms with Gasteiger partial charge in [0.15, 0.2) is 17.7 Å². The van der Waals surface area contributed by atoms with Gasteiger partial charge in [-0.05, 0) is 12.8 Å². The van der Waals surface area contributed by atoms with Crippen molar-refractivity contribution in [2.75, 3.05) is 30.8 Å². The number of unbranched alkanes of at least 4 members (excludes halogenated alkanes) is 1. The Hall–Kier alpha value is -2.05. The van der Waals surface area contributed by atoms with Crippen molar-refractivity contribution >= 4 is 22.9 Å². The van der Waals surface area contributed by atoms with Crippen molar-refractivity contribution in [3.05, 3.63) is 6.33 Å². The Kier molecular flexibility index (Phi) is 5.30. The molecule has 2 aromatic rings. The Morgan fingerprint density at radius 1 is 1.20 bits per heavy atom. The highest BCUT2D eigenvalue weighted by molar-refractivity contribution is 5.82. The fraction of sp³-hybridized carbons (Fsp3) is 0.643. The standard InChI is InChI=1S/C14H22N6O5/c15-11-8-12(19-14(18-11)16-3-1-2-4-21)20(6-17-8)13-10(24)9(23)7(5-22)25-13/h6-7,9-10,13,21-24H,1-5H2,(H3,15,16,18,19)/t7-,9-,10-,13?/m1/s1. The molecule has 11 heteroatoms. The van der Waals surface area contributed by atoms with Crippen LogP contribution in [0.1, 0.15) is 19.1 Å². The summed E-state index contributed by atoms with van der Waals surface area (Å²) in [6.45, 7) is 0.255. The Balaban J connectivity index is 1.88. The van der Waals surface area contributed by atoms with E-state index in [1.165, 1.54) is 10.9 Å². The minimum absolute atomic E-state index is 0.113. The first-order valence-electron chi connectivity index (χ1n) is 8.04. The molecule has 3 rings (SSSR count). The Morgan fingerprint density at radius 3 is 2.68 bits per heavy atom. The fourth-order valence-corrected chi connectivity index (χ4v) is 2.75. The number of nitrogens with two attached hydrogens (primary N) is 1. The lowest BCUT2D eigenvalue weighted by atomic mass is 10.1. The number of anilines is 2. The molecule has 138 valence electrons. The molecular weight excluding hydrogens is 332 g/mol. The lowest BCUT2D eigenvalue weighted by Gasteiger charge is -2.16. The topological polar surface area (TPSA) is 172 Å². The summed E-state index contributed by atoms with van der Waals surface area (Å²) in [5.41, 5.74) is 6.60. The molecule has 2 aromatic heterocycles. The maximum absolute atomic E-state index is 10.2. The van der Waals surface area contributed by atoms with E-state index in [2.05, 4.69) is 20.3 Å². The molecule has 1 unspecified atom stereocenters. The number of nitrogens with one attached hydrogen (secondary N) is 1. The summed E-state index contributed by atoms with van der Waals surface area (Å²) in [5.74, 6) is 0.455. The summed E-state index contributed by atoms with van der Waals surface area (Å²) in [5, 5.41) is 41.1. The van der Waals surface area contributed by atoms with Crippen molar-refractivity contribution in [3.63, 3.8) is 0 Å². The van der Waals surface area contributed by atoms with Crippen LogP contribution in [0.3, 0.4) is 0 Å². The van der Waals surface area contributed by atoms with Crippen LogP contribution in [0.2, 0.25) is 0 Å². The lowest BCUT2D eigenvalue weighted by molar-refractivity contribution is -0.0511. The van der Waals surface area contributed by atoms with Crippen LogP contribution in [0, 0.1) is 0 Å². The molecule has 1 saturated heterocycles. The van der Waals surface area contributed by atoms with Crippen molar-refractivity contribution in [2.45, 2.75) is 37.4 Å². The smallest absolute Gasteiger partial charge is 0.226 e. The second kappa shape index (κ2) is 7.45. The molecule has 25 heavy (non-hydrogen) atoms. The van der Waals surface area contributed by atoms with Gasteiger partial charge in [0, 0.05) is 13.2 Å². The highest BCUT2D eigenvalue weighted by Gasteiger charge is 2.44. The highest BCUT2D eigenvalue weighted by Crippen LogP contribution is 2.32. The zero-order valence-corrected chi connectivity index (χ0v) is 13.5. The van der Waals surface area contributed by atoms with Gasteiger partial charge in [0.2, 0.25) is 5.95 Å². The number of fused-ring (bicyclic) bond motifs is 1. The van der Waals surface area contributed by atoms with Gasteiger partial charge in [-0.2, -0.15) is 9.97 Å². The Morgan fingerprint density at radius 2 is 2.00 bits per heavy atom. The monoisotopic (exact) mass is 354 g/mol. The summed E-state index contributed by atoms with van der Waals surface area (Å²) in [4.78, 5) is 12.6. The van der Waals surface area contributed by atoms with E-state index in [1.807, 2.05) is 0 Å². The number of aromatic nitrogens is 4. The number of imidazole rings is 1. The predicted octanol–water partition coefficient (Wildman–Crippen LogP) is -1.80. The summed E-state index contributed by atoms with van der Waals surface area (Å²) >= 11 is 0.